The second-order valence-corrected chi connectivity index (χ2v) is 8.82. The number of esters is 1. The number of ether oxygens (including phenoxy) is 3. The zero-order chi connectivity index (χ0) is 23.8. The number of hydrogen-bond acceptors (Lipinski definition) is 5. The lowest BCUT2D eigenvalue weighted by Crippen LogP contribution is -2.27. The fourth-order valence-corrected chi connectivity index (χ4v) is 4.51. The summed E-state index contributed by atoms with van der Waals surface area (Å²) >= 11 is 0. The molecule has 0 bridgehead atoms. The van der Waals surface area contributed by atoms with Gasteiger partial charge in [-0.3, -0.25) is 4.90 Å². The monoisotopic (exact) mass is 459 g/mol. The van der Waals surface area contributed by atoms with Gasteiger partial charge in [0.1, 0.15) is 17.6 Å². The van der Waals surface area contributed by atoms with Gasteiger partial charge >= 0.3 is 5.97 Å². The van der Waals surface area contributed by atoms with E-state index in [1.165, 1.54) is 11.1 Å². The highest BCUT2D eigenvalue weighted by molar-refractivity contribution is 5.89. The Morgan fingerprint density at radius 3 is 2.59 bits per heavy atom. The zero-order valence-electron chi connectivity index (χ0n) is 20.0. The third kappa shape index (κ3) is 6.39. The first-order valence-electron chi connectivity index (χ1n) is 11.9. The molecule has 3 aromatic carbocycles. The number of likely N-dealkylation sites (tertiary alicyclic amines) is 1. The maximum absolute atomic E-state index is 12.4. The van der Waals surface area contributed by atoms with Crippen LogP contribution in [-0.2, 0) is 17.6 Å². The first-order chi connectivity index (χ1) is 16.6. The topological polar surface area (TPSA) is 48.0 Å². The van der Waals surface area contributed by atoms with Gasteiger partial charge in [-0.2, -0.15) is 0 Å². The molecule has 0 amide bonds. The van der Waals surface area contributed by atoms with E-state index in [2.05, 4.69) is 36.2 Å². The van der Waals surface area contributed by atoms with E-state index in [1.54, 1.807) is 19.2 Å². The summed E-state index contributed by atoms with van der Waals surface area (Å²) in [6, 6.07) is 26.0. The number of likely N-dealkylation sites (N-methyl/N-ethyl adjacent to an activating group) is 1. The highest BCUT2D eigenvalue weighted by Gasteiger charge is 2.32. The van der Waals surface area contributed by atoms with Crippen molar-refractivity contribution in [1.29, 1.82) is 0 Å². The van der Waals surface area contributed by atoms with Gasteiger partial charge in [0, 0.05) is 19.0 Å². The smallest absolute Gasteiger partial charge is 0.338 e. The van der Waals surface area contributed by atoms with Gasteiger partial charge in [0.05, 0.1) is 19.3 Å². The molecule has 1 fully saturated rings. The van der Waals surface area contributed by atoms with Crippen LogP contribution in [0.15, 0.2) is 78.9 Å². The molecule has 0 radical (unpaired) electrons. The van der Waals surface area contributed by atoms with E-state index in [4.69, 9.17) is 14.2 Å². The van der Waals surface area contributed by atoms with Crippen molar-refractivity contribution in [2.75, 3.05) is 27.3 Å². The largest absolute Gasteiger partial charge is 0.497 e. The fourth-order valence-electron chi connectivity index (χ4n) is 4.51. The predicted molar refractivity (Wildman–Crippen MR) is 134 cm³/mol. The average molecular weight is 460 g/mol. The lowest BCUT2D eigenvalue weighted by Gasteiger charge is -2.19. The third-order valence-corrected chi connectivity index (χ3v) is 6.43. The standard InChI is InChI=1S/C29H33NO4/c1-30-21-27(34-29(31)24-11-4-3-5-12-24)20-25(30)17-18-33-28-14-7-6-10-23(28)16-15-22-9-8-13-26(19-22)32-2/h3-14,19,25,27H,15-18,20-21H2,1-2H3/t25-,27-/m1/s1. The summed E-state index contributed by atoms with van der Waals surface area (Å²) in [6.07, 6.45) is 3.47. The molecule has 1 heterocycles. The van der Waals surface area contributed by atoms with Crippen molar-refractivity contribution < 1.29 is 19.0 Å². The number of carbonyl (C=O) groups excluding carboxylic acids is 1. The SMILES string of the molecule is COc1cccc(CCc2ccccc2OCC[C@@H]2C[C@@H](OC(=O)c3ccccc3)CN2C)c1. The number of carbonyl (C=O) groups is 1. The molecule has 3 aromatic rings. The summed E-state index contributed by atoms with van der Waals surface area (Å²) in [6.45, 7) is 1.38. The van der Waals surface area contributed by atoms with E-state index in [9.17, 15) is 4.79 Å². The molecule has 0 spiro atoms. The fraction of sp³-hybridized carbons (Fsp3) is 0.345. The van der Waals surface area contributed by atoms with Gasteiger partial charge < -0.3 is 14.2 Å². The van der Waals surface area contributed by atoms with E-state index < -0.39 is 0 Å². The van der Waals surface area contributed by atoms with Crippen LogP contribution in [0.3, 0.4) is 0 Å². The molecule has 34 heavy (non-hydrogen) atoms. The normalized spacial score (nSPS) is 17.9. The maximum Gasteiger partial charge on any atom is 0.338 e. The van der Waals surface area contributed by atoms with E-state index >= 15 is 0 Å². The van der Waals surface area contributed by atoms with Crippen LogP contribution in [0.5, 0.6) is 11.5 Å². The molecule has 0 unspecified atom stereocenters. The number of para-hydroxylation sites is 1. The van der Waals surface area contributed by atoms with E-state index in [1.807, 2.05) is 42.5 Å². The number of nitrogens with zero attached hydrogens (tertiary/aromatic N) is 1. The van der Waals surface area contributed by atoms with E-state index in [0.29, 0.717) is 18.2 Å². The summed E-state index contributed by atoms with van der Waals surface area (Å²) in [5.41, 5.74) is 3.06. The number of hydrogen-bond donors (Lipinski definition) is 0. The Morgan fingerprint density at radius 1 is 0.971 bits per heavy atom. The van der Waals surface area contributed by atoms with Crippen LogP contribution in [0.4, 0.5) is 0 Å². The maximum atomic E-state index is 12.4. The third-order valence-electron chi connectivity index (χ3n) is 6.43. The Hall–Kier alpha value is -3.31. The summed E-state index contributed by atoms with van der Waals surface area (Å²) in [7, 11) is 3.78. The van der Waals surface area contributed by atoms with Crippen LogP contribution >= 0.6 is 0 Å². The number of benzene rings is 3. The summed E-state index contributed by atoms with van der Waals surface area (Å²) < 4.78 is 17.3. The van der Waals surface area contributed by atoms with Crippen LogP contribution in [0.25, 0.3) is 0 Å². The molecule has 5 nitrogen and oxygen atoms in total. The number of aryl methyl sites for hydroxylation is 2. The molecule has 0 aromatic heterocycles. The molecule has 0 aliphatic carbocycles. The Balaban J connectivity index is 1.26. The van der Waals surface area contributed by atoms with Crippen molar-refractivity contribution in [2.24, 2.45) is 0 Å². The molecule has 1 aliphatic heterocycles. The molecule has 1 saturated heterocycles. The number of methoxy groups -OCH3 is 1. The number of rotatable bonds is 10. The van der Waals surface area contributed by atoms with Gasteiger partial charge in [-0.15, -0.1) is 0 Å². The van der Waals surface area contributed by atoms with Gasteiger partial charge in [0.15, 0.2) is 0 Å². The molecule has 178 valence electrons. The van der Waals surface area contributed by atoms with Crippen LogP contribution in [0.2, 0.25) is 0 Å². The second kappa shape index (κ2) is 11.7. The highest BCUT2D eigenvalue weighted by atomic mass is 16.5. The summed E-state index contributed by atoms with van der Waals surface area (Å²) in [5.74, 6) is 1.58. The molecular formula is C29H33NO4. The van der Waals surface area contributed by atoms with E-state index in [-0.39, 0.29) is 12.1 Å². The molecule has 5 heteroatoms. The lowest BCUT2D eigenvalue weighted by molar-refractivity contribution is 0.0326. The zero-order valence-corrected chi connectivity index (χ0v) is 20.0. The molecule has 4 rings (SSSR count). The van der Waals surface area contributed by atoms with Crippen molar-refractivity contribution in [2.45, 2.75) is 37.8 Å². The average Bonchev–Trinajstić information content (AvgIpc) is 3.22. The minimum Gasteiger partial charge on any atom is -0.497 e. The van der Waals surface area contributed by atoms with Gasteiger partial charge in [0.2, 0.25) is 0 Å². The molecule has 0 N–H and O–H groups in total. The first-order valence-corrected chi connectivity index (χ1v) is 11.9. The minimum absolute atomic E-state index is 0.0853. The Morgan fingerprint density at radius 2 is 1.76 bits per heavy atom. The van der Waals surface area contributed by atoms with Crippen LogP contribution in [-0.4, -0.2) is 50.3 Å². The van der Waals surface area contributed by atoms with Crippen molar-refractivity contribution in [3.05, 3.63) is 95.6 Å². The van der Waals surface area contributed by atoms with Crippen molar-refractivity contribution in [3.8, 4) is 11.5 Å². The molecule has 1 aliphatic rings. The predicted octanol–water partition coefficient (Wildman–Crippen LogP) is 5.18. The van der Waals surface area contributed by atoms with Gasteiger partial charge in [-0.05, 0) is 67.8 Å². The Labute approximate surface area is 202 Å². The molecule has 2 atom stereocenters. The van der Waals surface area contributed by atoms with Crippen molar-refractivity contribution in [1.82, 2.24) is 4.90 Å². The van der Waals surface area contributed by atoms with Crippen LogP contribution in [0, 0.1) is 0 Å². The second-order valence-electron chi connectivity index (χ2n) is 8.82. The quantitative estimate of drug-likeness (QED) is 0.391. The first kappa shape index (κ1) is 23.8. The van der Waals surface area contributed by atoms with Crippen molar-refractivity contribution in [3.63, 3.8) is 0 Å². The minimum atomic E-state index is -0.249. The Bertz CT molecular complexity index is 1070. The molecular weight excluding hydrogens is 426 g/mol. The molecule has 0 saturated carbocycles. The van der Waals surface area contributed by atoms with Crippen molar-refractivity contribution >= 4 is 5.97 Å². The van der Waals surface area contributed by atoms with Gasteiger partial charge in [0.25, 0.3) is 0 Å². The van der Waals surface area contributed by atoms with Gasteiger partial charge in [-0.1, -0.05) is 48.5 Å². The Kier molecular flexibility index (Phi) is 8.21. The van der Waals surface area contributed by atoms with Crippen LogP contribution in [0.1, 0.15) is 34.3 Å². The van der Waals surface area contributed by atoms with E-state index in [0.717, 1.165) is 43.7 Å². The summed E-state index contributed by atoms with van der Waals surface area (Å²) in [4.78, 5) is 14.6. The highest BCUT2D eigenvalue weighted by Crippen LogP contribution is 2.25. The lowest BCUT2D eigenvalue weighted by atomic mass is 10.0. The summed E-state index contributed by atoms with van der Waals surface area (Å²) in [5, 5.41) is 0. The van der Waals surface area contributed by atoms with Crippen LogP contribution < -0.4 is 9.47 Å². The van der Waals surface area contributed by atoms with Gasteiger partial charge in [-0.25, -0.2) is 4.79 Å².